The molecule has 1 aliphatic rings. The lowest BCUT2D eigenvalue weighted by Gasteiger charge is -2.37. The Morgan fingerprint density at radius 1 is 1.48 bits per heavy atom. The summed E-state index contributed by atoms with van der Waals surface area (Å²) in [7, 11) is 0. The molecular formula is C18H23N3O4. The first kappa shape index (κ1) is 17.6. The number of piperidine rings is 1. The molecule has 1 aliphatic heterocycles. The Morgan fingerprint density at radius 3 is 3.08 bits per heavy atom. The average Bonchev–Trinajstić information content (AvgIpc) is 3.09. The standard InChI is InChI=1S/C18H23N3O4/c1-13(22)16-7-2-3-9-20(16)10-8-18-19-12-17(25-18)14-5-4-6-15(11-14)21(23)24/h4-6,11-13,16,22H,2-3,7-10H2,1H3. The van der Waals surface area contributed by atoms with E-state index in [1.807, 2.05) is 6.92 Å². The molecule has 0 aliphatic carbocycles. The van der Waals surface area contributed by atoms with Gasteiger partial charge in [0, 0.05) is 36.7 Å². The van der Waals surface area contributed by atoms with E-state index in [2.05, 4.69) is 9.88 Å². The number of nitro benzene ring substituents is 1. The summed E-state index contributed by atoms with van der Waals surface area (Å²) in [4.78, 5) is 17.1. The van der Waals surface area contributed by atoms with E-state index in [-0.39, 0.29) is 17.8 Å². The normalized spacial score (nSPS) is 19.7. The number of rotatable bonds is 6. The number of nitrogens with zero attached hydrogens (tertiary/aromatic N) is 3. The van der Waals surface area contributed by atoms with E-state index >= 15 is 0 Å². The van der Waals surface area contributed by atoms with E-state index in [0.717, 1.165) is 32.4 Å². The second-order valence-electron chi connectivity index (χ2n) is 6.52. The molecule has 2 unspecified atom stereocenters. The molecule has 0 amide bonds. The van der Waals surface area contributed by atoms with Crippen molar-refractivity contribution in [1.29, 1.82) is 0 Å². The Balaban J connectivity index is 1.65. The SMILES string of the molecule is CC(O)C1CCCCN1CCc1ncc(-c2cccc([N+](=O)[O-])c2)o1. The fourth-order valence-electron chi connectivity index (χ4n) is 3.41. The van der Waals surface area contributed by atoms with E-state index in [9.17, 15) is 15.2 Å². The van der Waals surface area contributed by atoms with Gasteiger partial charge in [0.1, 0.15) is 0 Å². The zero-order chi connectivity index (χ0) is 17.8. The van der Waals surface area contributed by atoms with Crippen LogP contribution in [0.5, 0.6) is 0 Å². The number of non-ortho nitro benzene ring substituents is 1. The van der Waals surface area contributed by atoms with Gasteiger partial charge in [-0.1, -0.05) is 18.6 Å². The minimum atomic E-state index is -0.423. The second-order valence-corrected chi connectivity index (χ2v) is 6.52. The topological polar surface area (TPSA) is 92.6 Å². The van der Waals surface area contributed by atoms with Crippen molar-refractivity contribution in [3.8, 4) is 11.3 Å². The van der Waals surface area contributed by atoms with Crippen molar-refractivity contribution in [2.75, 3.05) is 13.1 Å². The van der Waals surface area contributed by atoms with Crippen molar-refractivity contribution in [3.63, 3.8) is 0 Å². The molecule has 2 atom stereocenters. The van der Waals surface area contributed by atoms with E-state index in [1.165, 1.54) is 12.1 Å². The minimum absolute atomic E-state index is 0.0311. The van der Waals surface area contributed by atoms with Crippen LogP contribution in [-0.4, -0.2) is 45.1 Å². The van der Waals surface area contributed by atoms with E-state index in [1.54, 1.807) is 18.3 Å². The highest BCUT2D eigenvalue weighted by Gasteiger charge is 2.26. The van der Waals surface area contributed by atoms with Gasteiger partial charge in [-0.3, -0.25) is 15.0 Å². The predicted molar refractivity (Wildman–Crippen MR) is 93.2 cm³/mol. The van der Waals surface area contributed by atoms with Crippen LogP contribution in [0.1, 0.15) is 32.1 Å². The summed E-state index contributed by atoms with van der Waals surface area (Å²) < 4.78 is 5.77. The third-order valence-corrected chi connectivity index (χ3v) is 4.73. The third-order valence-electron chi connectivity index (χ3n) is 4.73. The number of oxazole rings is 1. The molecule has 25 heavy (non-hydrogen) atoms. The van der Waals surface area contributed by atoms with Crippen LogP contribution >= 0.6 is 0 Å². The summed E-state index contributed by atoms with van der Waals surface area (Å²) in [6.07, 6.45) is 5.23. The maximum atomic E-state index is 10.9. The van der Waals surface area contributed by atoms with Gasteiger partial charge in [0.05, 0.1) is 17.2 Å². The molecule has 1 aromatic carbocycles. The summed E-state index contributed by atoms with van der Waals surface area (Å²) in [5.41, 5.74) is 0.677. The number of aromatic nitrogens is 1. The lowest BCUT2D eigenvalue weighted by molar-refractivity contribution is -0.384. The van der Waals surface area contributed by atoms with Crippen LogP contribution < -0.4 is 0 Å². The van der Waals surface area contributed by atoms with Crippen molar-refractivity contribution < 1.29 is 14.4 Å². The molecule has 1 fully saturated rings. The molecule has 2 aromatic rings. The van der Waals surface area contributed by atoms with Gasteiger partial charge >= 0.3 is 0 Å². The average molecular weight is 345 g/mol. The second kappa shape index (κ2) is 7.76. The number of aliphatic hydroxyl groups excluding tert-OH is 1. The summed E-state index contributed by atoms with van der Waals surface area (Å²) >= 11 is 0. The van der Waals surface area contributed by atoms with Gasteiger partial charge < -0.3 is 9.52 Å². The van der Waals surface area contributed by atoms with Gasteiger partial charge in [0.2, 0.25) is 0 Å². The quantitative estimate of drug-likeness (QED) is 0.639. The molecule has 0 radical (unpaired) electrons. The van der Waals surface area contributed by atoms with E-state index < -0.39 is 4.92 Å². The fourth-order valence-corrected chi connectivity index (χ4v) is 3.41. The first-order valence-electron chi connectivity index (χ1n) is 8.66. The maximum absolute atomic E-state index is 10.9. The number of hydrogen-bond acceptors (Lipinski definition) is 6. The van der Waals surface area contributed by atoms with Crippen molar-refractivity contribution in [2.45, 2.75) is 44.8 Å². The summed E-state index contributed by atoms with van der Waals surface area (Å²) in [5, 5.41) is 20.8. The van der Waals surface area contributed by atoms with E-state index in [0.29, 0.717) is 23.6 Å². The van der Waals surface area contributed by atoms with Crippen LogP contribution in [-0.2, 0) is 6.42 Å². The summed E-state index contributed by atoms with van der Waals surface area (Å²) in [5.74, 6) is 1.14. The molecule has 0 spiro atoms. The molecule has 0 saturated carbocycles. The first-order chi connectivity index (χ1) is 12.0. The molecule has 134 valence electrons. The van der Waals surface area contributed by atoms with E-state index in [4.69, 9.17) is 4.42 Å². The van der Waals surface area contributed by atoms with Gasteiger partial charge in [-0.2, -0.15) is 0 Å². The van der Waals surface area contributed by atoms with Gasteiger partial charge in [0.15, 0.2) is 11.7 Å². The monoisotopic (exact) mass is 345 g/mol. The Bertz CT molecular complexity index is 729. The molecule has 7 heteroatoms. The smallest absolute Gasteiger partial charge is 0.270 e. The Morgan fingerprint density at radius 2 is 2.32 bits per heavy atom. The predicted octanol–water partition coefficient (Wildman–Crippen LogP) is 3.03. The zero-order valence-electron chi connectivity index (χ0n) is 14.3. The van der Waals surface area contributed by atoms with Gasteiger partial charge in [0.25, 0.3) is 5.69 Å². The number of nitro groups is 1. The van der Waals surface area contributed by atoms with Crippen LogP contribution in [0.4, 0.5) is 5.69 Å². The molecule has 7 nitrogen and oxygen atoms in total. The molecule has 2 heterocycles. The van der Waals surface area contributed by atoms with Crippen LogP contribution in [0.3, 0.4) is 0 Å². The number of likely N-dealkylation sites (tertiary alicyclic amines) is 1. The maximum Gasteiger partial charge on any atom is 0.270 e. The lowest BCUT2D eigenvalue weighted by Crippen LogP contribution is -2.46. The molecular weight excluding hydrogens is 322 g/mol. The van der Waals surface area contributed by atoms with Gasteiger partial charge in [-0.25, -0.2) is 4.98 Å². The minimum Gasteiger partial charge on any atom is -0.441 e. The molecule has 0 bridgehead atoms. The van der Waals surface area contributed by atoms with Crippen LogP contribution in [0, 0.1) is 10.1 Å². The van der Waals surface area contributed by atoms with Crippen molar-refractivity contribution >= 4 is 5.69 Å². The summed E-state index contributed by atoms with van der Waals surface area (Å²) in [6.45, 7) is 3.60. The lowest BCUT2D eigenvalue weighted by atomic mass is 9.98. The molecule has 1 saturated heterocycles. The van der Waals surface area contributed by atoms with Crippen molar-refractivity contribution in [2.24, 2.45) is 0 Å². The molecule has 1 N–H and O–H groups in total. The van der Waals surface area contributed by atoms with Gasteiger partial charge in [-0.15, -0.1) is 0 Å². The Kier molecular flexibility index (Phi) is 5.45. The molecule has 3 rings (SSSR count). The highest BCUT2D eigenvalue weighted by Crippen LogP contribution is 2.25. The highest BCUT2D eigenvalue weighted by molar-refractivity contribution is 5.60. The fraction of sp³-hybridized carbons (Fsp3) is 0.500. The van der Waals surface area contributed by atoms with Crippen molar-refractivity contribution in [1.82, 2.24) is 9.88 Å². The van der Waals surface area contributed by atoms with Crippen LogP contribution in [0.2, 0.25) is 0 Å². The zero-order valence-corrected chi connectivity index (χ0v) is 14.3. The molecule has 1 aromatic heterocycles. The third kappa shape index (κ3) is 4.24. The van der Waals surface area contributed by atoms with Gasteiger partial charge in [-0.05, 0) is 26.3 Å². The van der Waals surface area contributed by atoms with Crippen molar-refractivity contribution in [3.05, 3.63) is 46.5 Å². The number of benzene rings is 1. The number of hydrogen-bond donors (Lipinski definition) is 1. The van der Waals surface area contributed by atoms with Crippen LogP contribution in [0.25, 0.3) is 11.3 Å². The highest BCUT2D eigenvalue weighted by atomic mass is 16.6. The Labute approximate surface area is 146 Å². The number of aliphatic hydroxyl groups is 1. The Hall–Kier alpha value is -2.25. The summed E-state index contributed by atoms with van der Waals surface area (Å²) in [6, 6.07) is 6.54. The largest absolute Gasteiger partial charge is 0.441 e. The first-order valence-corrected chi connectivity index (χ1v) is 8.66. The van der Waals surface area contributed by atoms with Crippen LogP contribution in [0.15, 0.2) is 34.9 Å².